The van der Waals surface area contributed by atoms with E-state index in [9.17, 15) is 4.79 Å². The van der Waals surface area contributed by atoms with Gasteiger partial charge in [0.2, 0.25) is 11.9 Å². The van der Waals surface area contributed by atoms with Crippen LogP contribution in [0.3, 0.4) is 0 Å². The summed E-state index contributed by atoms with van der Waals surface area (Å²) in [5.41, 5.74) is 5.37. The molecule has 0 radical (unpaired) electrons. The second-order valence-corrected chi connectivity index (χ2v) is 3.39. The Morgan fingerprint density at radius 1 is 1.53 bits per heavy atom. The van der Waals surface area contributed by atoms with Gasteiger partial charge in [-0.3, -0.25) is 10.1 Å². The molecule has 0 spiro atoms. The molecule has 0 bridgehead atoms. The van der Waals surface area contributed by atoms with E-state index in [-0.39, 0.29) is 11.8 Å². The van der Waals surface area contributed by atoms with Gasteiger partial charge < -0.3 is 5.73 Å². The Morgan fingerprint density at radius 2 is 2.20 bits per heavy atom. The summed E-state index contributed by atoms with van der Waals surface area (Å²) in [4.78, 5) is 19.4. The third kappa shape index (κ3) is 4.03. The molecule has 5 nitrogen and oxygen atoms in total. The summed E-state index contributed by atoms with van der Waals surface area (Å²) in [6.07, 6.45) is 4.82. The fourth-order valence-corrected chi connectivity index (χ4v) is 1.15. The van der Waals surface area contributed by atoms with Crippen molar-refractivity contribution in [2.75, 3.05) is 11.9 Å². The predicted molar refractivity (Wildman–Crippen MR) is 58.1 cm³/mol. The second kappa shape index (κ2) is 6.08. The Labute approximate surface area is 89.1 Å². The largest absolute Gasteiger partial charge is 0.330 e. The van der Waals surface area contributed by atoms with Gasteiger partial charge in [0, 0.05) is 18.3 Å². The molecule has 5 heteroatoms. The van der Waals surface area contributed by atoms with Crippen LogP contribution in [0.5, 0.6) is 0 Å². The number of aromatic nitrogens is 2. The SMILES string of the molecule is CC(CCCN)C(=O)Nc1ncccn1. The first kappa shape index (κ1) is 11.6. The number of carbonyl (C=O) groups excluding carboxylic acids is 1. The van der Waals surface area contributed by atoms with Gasteiger partial charge in [-0.15, -0.1) is 0 Å². The Kier molecular flexibility index (Phi) is 4.70. The van der Waals surface area contributed by atoms with E-state index in [1.807, 2.05) is 6.92 Å². The number of amides is 1. The minimum absolute atomic E-state index is 0.0580. The Balaban J connectivity index is 2.42. The molecular weight excluding hydrogens is 192 g/mol. The lowest BCUT2D eigenvalue weighted by atomic mass is 10.1. The van der Waals surface area contributed by atoms with Gasteiger partial charge in [0.05, 0.1) is 0 Å². The molecule has 0 saturated carbocycles. The van der Waals surface area contributed by atoms with Crippen LogP contribution in [0.15, 0.2) is 18.5 Å². The van der Waals surface area contributed by atoms with Crippen molar-refractivity contribution < 1.29 is 4.79 Å². The van der Waals surface area contributed by atoms with Gasteiger partial charge in [0.25, 0.3) is 0 Å². The summed E-state index contributed by atoms with van der Waals surface area (Å²) < 4.78 is 0. The molecule has 82 valence electrons. The number of hydrogen-bond acceptors (Lipinski definition) is 4. The van der Waals surface area contributed by atoms with Crippen molar-refractivity contribution in [1.29, 1.82) is 0 Å². The maximum atomic E-state index is 11.6. The van der Waals surface area contributed by atoms with Crippen LogP contribution in [0.1, 0.15) is 19.8 Å². The molecule has 1 amide bonds. The Morgan fingerprint density at radius 3 is 2.80 bits per heavy atom. The maximum Gasteiger partial charge on any atom is 0.229 e. The van der Waals surface area contributed by atoms with Gasteiger partial charge in [-0.05, 0) is 25.5 Å². The lowest BCUT2D eigenvalue weighted by molar-refractivity contribution is -0.119. The van der Waals surface area contributed by atoms with Gasteiger partial charge in [-0.25, -0.2) is 9.97 Å². The number of nitrogens with one attached hydrogen (secondary N) is 1. The minimum atomic E-state index is -0.0605. The van der Waals surface area contributed by atoms with Crippen molar-refractivity contribution >= 4 is 11.9 Å². The van der Waals surface area contributed by atoms with Gasteiger partial charge in [-0.1, -0.05) is 6.92 Å². The van der Waals surface area contributed by atoms with Crippen molar-refractivity contribution in [2.45, 2.75) is 19.8 Å². The van der Waals surface area contributed by atoms with Crippen LogP contribution >= 0.6 is 0 Å². The zero-order valence-corrected chi connectivity index (χ0v) is 8.81. The average molecular weight is 208 g/mol. The van der Waals surface area contributed by atoms with E-state index in [1.54, 1.807) is 18.5 Å². The monoisotopic (exact) mass is 208 g/mol. The first-order chi connectivity index (χ1) is 7.24. The summed E-state index contributed by atoms with van der Waals surface area (Å²) in [5, 5.41) is 2.65. The van der Waals surface area contributed by atoms with Crippen molar-refractivity contribution in [2.24, 2.45) is 11.7 Å². The zero-order valence-electron chi connectivity index (χ0n) is 8.81. The van der Waals surface area contributed by atoms with E-state index in [1.165, 1.54) is 0 Å². The number of anilines is 1. The Hall–Kier alpha value is -1.49. The lowest BCUT2D eigenvalue weighted by Gasteiger charge is -2.09. The molecule has 1 aromatic heterocycles. The van der Waals surface area contributed by atoms with Crippen LogP contribution < -0.4 is 11.1 Å². The summed E-state index contributed by atoms with van der Waals surface area (Å²) in [6, 6.07) is 1.70. The molecule has 1 atom stereocenters. The van der Waals surface area contributed by atoms with E-state index in [0.717, 1.165) is 12.8 Å². The summed E-state index contributed by atoms with van der Waals surface area (Å²) in [6.45, 7) is 2.48. The first-order valence-corrected chi connectivity index (χ1v) is 5.02. The van der Waals surface area contributed by atoms with Crippen LogP contribution in [0, 0.1) is 5.92 Å². The molecular formula is C10H16N4O. The van der Waals surface area contributed by atoms with E-state index >= 15 is 0 Å². The number of carbonyl (C=O) groups is 1. The lowest BCUT2D eigenvalue weighted by Crippen LogP contribution is -2.22. The standard InChI is InChI=1S/C10H16N4O/c1-8(4-2-5-11)9(15)14-10-12-6-3-7-13-10/h3,6-8H,2,4-5,11H2,1H3,(H,12,13,14,15). The van der Waals surface area contributed by atoms with E-state index < -0.39 is 0 Å². The molecule has 0 aliphatic carbocycles. The summed E-state index contributed by atoms with van der Waals surface area (Å²) >= 11 is 0. The maximum absolute atomic E-state index is 11.6. The minimum Gasteiger partial charge on any atom is -0.330 e. The normalized spacial score (nSPS) is 12.1. The number of hydrogen-bond donors (Lipinski definition) is 2. The molecule has 1 aromatic rings. The molecule has 0 saturated heterocycles. The number of nitrogens with zero attached hydrogens (tertiary/aromatic N) is 2. The van der Waals surface area contributed by atoms with Crippen molar-refractivity contribution in [3.05, 3.63) is 18.5 Å². The zero-order chi connectivity index (χ0) is 11.1. The van der Waals surface area contributed by atoms with Crippen molar-refractivity contribution in [1.82, 2.24) is 9.97 Å². The highest BCUT2D eigenvalue weighted by atomic mass is 16.2. The molecule has 0 aliphatic rings. The highest BCUT2D eigenvalue weighted by molar-refractivity contribution is 5.90. The van der Waals surface area contributed by atoms with E-state index in [0.29, 0.717) is 12.5 Å². The van der Waals surface area contributed by atoms with Crippen LogP contribution in [0.25, 0.3) is 0 Å². The van der Waals surface area contributed by atoms with Crippen LogP contribution in [0.4, 0.5) is 5.95 Å². The predicted octanol–water partition coefficient (Wildman–Crippen LogP) is 0.790. The smallest absolute Gasteiger partial charge is 0.229 e. The molecule has 1 rings (SSSR count). The first-order valence-electron chi connectivity index (χ1n) is 5.02. The third-order valence-corrected chi connectivity index (χ3v) is 2.09. The average Bonchev–Trinajstić information content (AvgIpc) is 2.27. The number of nitrogens with two attached hydrogens (primary N) is 1. The van der Waals surface area contributed by atoms with Gasteiger partial charge in [-0.2, -0.15) is 0 Å². The molecule has 0 fully saturated rings. The van der Waals surface area contributed by atoms with E-state index in [2.05, 4.69) is 15.3 Å². The fraction of sp³-hybridized carbons (Fsp3) is 0.500. The molecule has 0 aromatic carbocycles. The van der Waals surface area contributed by atoms with Crippen LogP contribution in [0.2, 0.25) is 0 Å². The topological polar surface area (TPSA) is 80.9 Å². The van der Waals surface area contributed by atoms with E-state index in [4.69, 9.17) is 5.73 Å². The quantitative estimate of drug-likeness (QED) is 0.749. The molecule has 1 heterocycles. The summed E-state index contributed by atoms with van der Waals surface area (Å²) in [5.74, 6) is 0.231. The highest BCUT2D eigenvalue weighted by Crippen LogP contribution is 2.07. The number of rotatable bonds is 5. The fourth-order valence-electron chi connectivity index (χ4n) is 1.15. The van der Waals surface area contributed by atoms with Gasteiger partial charge >= 0.3 is 0 Å². The molecule has 0 aliphatic heterocycles. The third-order valence-electron chi connectivity index (χ3n) is 2.09. The molecule has 15 heavy (non-hydrogen) atoms. The second-order valence-electron chi connectivity index (χ2n) is 3.39. The molecule has 3 N–H and O–H groups in total. The van der Waals surface area contributed by atoms with Crippen LogP contribution in [-0.2, 0) is 4.79 Å². The van der Waals surface area contributed by atoms with Gasteiger partial charge in [0.1, 0.15) is 0 Å². The van der Waals surface area contributed by atoms with Gasteiger partial charge in [0.15, 0.2) is 0 Å². The van der Waals surface area contributed by atoms with Crippen LogP contribution in [-0.4, -0.2) is 22.4 Å². The Bertz CT molecular complexity index is 302. The van der Waals surface area contributed by atoms with Crippen molar-refractivity contribution in [3.63, 3.8) is 0 Å². The highest BCUT2D eigenvalue weighted by Gasteiger charge is 2.12. The van der Waals surface area contributed by atoms with Crippen molar-refractivity contribution in [3.8, 4) is 0 Å². The summed E-state index contributed by atoms with van der Waals surface area (Å²) in [7, 11) is 0. The molecule has 1 unspecified atom stereocenters.